The summed E-state index contributed by atoms with van der Waals surface area (Å²) in [7, 11) is 0. The van der Waals surface area contributed by atoms with E-state index in [4.69, 9.17) is 5.26 Å². The minimum atomic E-state index is 0.440. The molecule has 0 saturated heterocycles. The Morgan fingerprint density at radius 3 is 2.30 bits per heavy atom. The third kappa shape index (κ3) is 3.54. The largest absolute Gasteiger partial charge is 0.382 e. The van der Waals surface area contributed by atoms with Gasteiger partial charge in [-0.3, -0.25) is 0 Å². The summed E-state index contributed by atoms with van der Waals surface area (Å²) in [5.74, 6) is 0.850. The van der Waals surface area contributed by atoms with Gasteiger partial charge >= 0.3 is 0 Å². The number of nitrogens with zero attached hydrogens (tertiary/aromatic N) is 1. The summed E-state index contributed by atoms with van der Waals surface area (Å²) in [4.78, 5) is 0. The van der Waals surface area contributed by atoms with Crippen molar-refractivity contribution in [2.45, 2.75) is 59.4 Å². The van der Waals surface area contributed by atoms with Gasteiger partial charge in [-0.2, -0.15) is 5.26 Å². The van der Waals surface area contributed by atoms with Crippen LogP contribution in [0.2, 0.25) is 0 Å². The van der Waals surface area contributed by atoms with Crippen LogP contribution in [0.1, 0.15) is 57.6 Å². The molecule has 0 unspecified atom stereocenters. The zero-order chi connectivity index (χ0) is 14.8. The third-order valence-corrected chi connectivity index (χ3v) is 4.67. The monoisotopic (exact) mass is 270 g/mol. The molecule has 20 heavy (non-hydrogen) atoms. The summed E-state index contributed by atoms with van der Waals surface area (Å²) in [6.45, 7) is 9.15. The van der Waals surface area contributed by atoms with Crippen LogP contribution < -0.4 is 5.32 Å². The standard InChI is InChI=1S/C18H26N2/c1-13-11-14(12-19)5-10-17(13)20-16-8-6-15(7-9-16)18(2,3)4/h5,10-11,15-16,20H,6-9H2,1-4H3. The quantitative estimate of drug-likeness (QED) is 0.831. The lowest BCUT2D eigenvalue weighted by Crippen LogP contribution is -2.31. The lowest BCUT2D eigenvalue weighted by atomic mass is 9.71. The zero-order valence-corrected chi connectivity index (χ0v) is 13.2. The molecule has 108 valence electrons. The fraction of sp³-hybridized carbons (Fsp3) is 0.611. The Balaban J connectivity index is 1.95. The lowest BCUT2D eigenvalue weighted by molar-refractivity contribution is 0.173. The van der Waals surface area contributed by atoms with E-state index < -0.39 is 0 Å². The van der Waals surface area contributed by atoms with Gasteiger partial charge in [-0.05, 0) is 67.7 Å². The Hall–Kier alpha value is -1.49. The van der Waals surface area contributed by atoms with Crippen molar-refractivity contribution in [1.82, 2.24) is 0 Å². The van der Waals surface area contributed by atoms with Crippen molar-refractivity contribution in [2.75, 3.05) is 5.32 Å². The maximum atomic E-state index is 8.91. The van der Waals surface area contributed by atoms with Crippen LogP contribution in [0.3, 0.4) is 0 Å². The molecule has 1 fully saturated rings. The van der Waals surface area contributed by atoms with Crippen molar-refractivity contribution in [3.05, 3.63) is 29.3 Å². The number of anilines is 1. The van der Waals surface area contributed by atoms with Crippen molar-refractivity contribution < 1.29 is 0 Å². The average Bonchev–Trinajstić information content (AvgIpc) is 2.40. The molecular formula is C18H26N2. The molecule has 1 saturated carbocycles. The average molecular weight is 270 g/mol. The highest BCUT2D eigenvalue weighted by atomic mass is 14.9. The van der Waals surface area contributed by atoms with E-state index in [9.17, 15) is 0 Å². The van der Waals surface area contributed by atoms with Crippen LogP contribution >= 0.6 is 0 Å². The van der Waals surface area contributed by atoms with Gasteiger partial charge in [0.05, 0.1) is 11.6 Å². The number of nitrogens with one attached hydrogen (secondary N) is 1. The molecule has 1 aliphatic carbocycles. The molecule has 1 aromatic rings. The van der Waals surface area contributed by atoms with Gasteiger partial charge in [0, 0.05) is 11.7 Å². The van der Waals surface area contributed by atoms with Crippen molar-refractivity contribution in [3.63, 3.8) is 0 Å². The molecule has 2 rings (SSSR count). The van der Waals surface area contributed by atoms with E-state index in [2.05, 4.69) is 39.1 Å². The van der Waals surface area contributed by atoms with Crippen LogP contribution in [-0.2, 0) is 0 Å². The molecule has 0 atom stereocenters. The molecule has 0 aliphatic heterocycles. The van der Waals surface area contributed by atoms with Crippen molar-refractivity contribution in [3.8, 4) is 6.07 Å². The van der Waals surface area contributed by atoms with E-state index >= 15 is 0 Å². The number of hydrogen-bond donors (Lipinski definition) is 1. The summed E-state index contributed by atoms with van der Waals surface area (Å²) >= 11 is 0. The van der Waals surface area contributed by atoms with Crippen LogP contribution in [-0.4, -0.2) is 6.04 Å². The molecule has 2 heteroatoms. The van der Waals surface area contributed by atoms with Crippen LogP contribution in [0.15, 0.2) is 18.2 Å². The minimum absolute atomic E-state index is 0.440. The van der Waals surface area contributed by atoms with Crippen molar-refractivity contribution in [2.24, 2.45) is 11.3 Å². The molecule has 0 spiro atoms. The molecule has 1 N–H and O–H groups in total. The maximum absolute atomic E-state index is 8.91. The highest BCUT2D eigenvalue weighted by Crippen LogP contribution is 2.38. The summed E-state index contributed by atoms with van der Waals surface area (Å²) in [6.07, 6.45) is 5.13. The normalized spacial score (nSPS) is 23.1. The van der Waals surface area contributed by atoms with Crippen molar-refractivity contribution in [1.29, 1.82) is 5.26 Å². The molecule has 2 nitrogen and oxygen atoms in total. The van der Waals surface area contributed by atoms with Gasteiger partial charge < -0.3 is 5.32 Å². The van der Waals surface area contributed by atoms with E-state index in [1.54, 1.807) is 0 Å². The SMILES string of the molecule is Cc1cc(C#N)ccc1NC1CCC(C(C)(C)C)CC1. The first kappa shape index (κ1) is 14.9. The number of aryl methyl sites for hydroxylation is 1. The third-order valence-electron chi connectivity index (χ3n) is 4.67. The number of benzene rings is 1. The van der Waals surface area contributed by atoms with E-state index in [-0.39, 0.29) is 0 Å². The van der Waals surface area contributed by atoms with E-state index in [1.807, 2.05) is 18.2 Å². The van der Waals surface area contributed by atoms with Crippen LogP contribution in [0.25, 0.3) is 0 Å². The summed E-state index contributed by atoms with van der Waals surface area (Å²) in [5, 5.41) is 12.6. The van der Waals surface area contributed by atoms with Gasteiger partial charge in [0.1, 0.15) is 0 Å². The van der Waals surface area contributed by atoms with Crippen LogP contribution in [0.5, 0.6) is 0 Å². The molecule has 0 radical (unpaired) electrons. The topological polar surface area (TPSA) is 35.8 Å². The summed E-state index contributed by atoms with van der Waals surface area (Å²) in [6, 6.07) is 8.68. The Kier molecular flexibility index (Phi) is 4.38. The first-order valence-electron chi connectivity index (χ1n) is 7.67. The second kappa shape index (κ2) is 5.87. The van der Waals surface area contributed by atoms with Gasteiger partial charge in [-0.1, -0.05) is 20.8 Å². The predicted molar refractivity (Wildman–Crippen MR) is 84.7 cm³/mol. The fourth-order valence-electron chi connectivity index (χ4n) is 3.22. The van der Waals surface area contributed by atoms with Gasteiger partial charge in [0.2, 0.25) is 0 Å². The molecule has 0 bridgehead atoms. The molecule has 1 aliphatic rings. The molecule has 1 aromatic carbocycles. The molecule has 0 amide bonds. The molecule has 0 heterocycles. The van der Waals surface area contributed by atoms with E-state index in [1.165, 1.54) is 36.9 Å². The van der Waals surface area contributed by atoms with Crippen molar-refractivity contribution >= 4 is 5.69 Å². The van der Waals surface area contributed by atoms with Gasteiger partial charge in [0.15, 0.2) is 0 Å². The van der Waals surface area contributed by atoms with Gasteiger partial charge in [0.25, 0.3) is 0 Å². The van der Waals surface area contributed by atoms with E-state index in [0.717, 1.165) is 11.5 Å². The van der Waals surface area contributed by atoms with Gasteiger partial charge in [-0.25, -0.2) is 0 Å². The van der Waals surface area contributed by atoms with E-state index in [0.29, 0.717) is 11.5 Å². The Morgan fingerprint density at radius 1 is 1.15 bits per heavy atom. The molecule has 0 aromatic heterocycles. The second-order valence-corrected chi connectivity index (χ2v) is 7.20. The first-order valence-corrected chi connectivity index (χ1v) is 7.67. The Labute approximate surface area is 123 Å². The Morgan fingerprint density at radius 2 is 1.80 bits per heavy atom. The number of rotatable bonds is 2. The van der Waals surface area contributed by atoms with Crippen LogP contribution in [0, 0.1) is 29.6 Å². The maximum Gasteiger partial charge on any atom is 0.0991 e. The zero-order valence-electron chi connectivity index (χ0n) is 13.2. The highest BCUT2D eigenvalue weighted by Gasteiger charge is 2.29. The first-order chi connectivity index (χ1) is 9.40. The van der Waals surface area contributed by atoms with Crippen LogP contribution in [0.4, 0.5) is 5.69 Å². The number of nitriles is 1. The summed E-state index contributed by atoms with van der Waals surface area (Å²) in [5.41, 5.74) is 3.53. The Bertz CT molecular complexity index is 497. The highest BCUT2D eigenvalue weighted by molar-refractivity contribution is 5.54. The second-order valence-electron chi connectivity index (χ2n) is 7.20. The van der Waals surface area contributed by atoms with Gasteiger partial charge in [-0.15, -0.1) is 0 Å². The minimum Gasteiger partial charge on any atom is -0.382 e. The summed E-state index contributed by atoms with van der Waals surface area (Å²) < 4.78 is 0. The molecular weight excluding hydrogens is 244 g/mol. The predicted octanol–water partition coefficient (Wildman–Crippen LogP) is 4.88. The lowest BCUT2D eigenvalue weighted by Gasteiger charge is -2.37. The smallest absolute Gasteiger partial charge is 0.0991 e. The number of hydrogen-bond acceptors (Lipinski definition) is 2. The fourth-order valence-corrected chi connectivity index (χ4v) is 3.22.